The molecule has 1 N–H and O–H groups in total. The van der Waals surface area contributed by atoms with Crippen molar-refractivity contribution in [2.45, 2.75) is 20.4 Å². The molecule has 0 aliphatic heterocycles. The fourth-order valence-corrected chi connectivity index (χ4v) is 3.29. The molecule has 17 heavy (non-hydrogen) atoms. The van der Waals surface area contributed by atoms with E-state index in [4.69, 9.17) is 0 Å². The van der Waals surface area contributed by atoms with Gasteiger partial charge in [0.1, 0.15) is 0 Å². The van der Waals surface area contributed by atoms with Crippen LogP contribution in [0, 0.1) is 5.92 Å². The number of hydrogen-bond acceptors (Lipinski definition) is 3. The van der Waals surface area contributed by atoms with E-state index in [-0.39, 0.29) is 17.4 Å². The van der Waals surface area contributed by atoms with E-state index in [1.54, 1.807) is 0 Å². The maximum Gasteiger partial charge on any atom is 0.151 e. The van der Waals surface area contributed by atoms with Crippen LogP contribution in [-0.2, 0) is 16.4 Å². The van der Waals surface area contributed by atoms with Crippen LogP contribution in [0.4, 0.5) is 0 Å². The second kappa shape index (κ2) is 6.77. The Kier molecular flexibility index (Phi) is 5.65. The van der Waals surface area contributed by atoms with Crippen molar-refractivity contribution in [3.05, 3.63) is 35.9 Å². The van der Waals surface area contributed by atoms with Gasteiger partial charge < -0.3 is 5.32 Å². The zero-order valence-corrected chi connectivity index (χ0v) is 11.3. The SMILES string of the molecule is CC(C)CS(=O)(=O)CCNCc1ccccc1. The van der Waals surface area contributed by atoms with E-state index >= 15 is 0 Å². The van der Waals surface area contributed by atoms with Crippen LogP contribution in [0.1, 0.15) is 19.4 Å². The van der Waals surface area contributed by atoms with Crippen LogP contribution in [0.5, 0.6) is 0 Å². The Labute approximate surface area is 104 Å². The van der Waals surface area contributed by atoms with Crippen LogP contribution in [0.25, 0.3) is 0 Å². The van der Waals surface area contributed by atoms with E-state index in [0.717, 1.165) is 6.54 Å². The number of nitrogens with one attached hydrogen (secondary N) is 1. The van der Waals surface area contributed by atoms with Crippen molar-refractivity contribution in [1.82, 2.24) is 5.32 Å². The van der Waals surface area contributed by atoms with Gasteiger partial charge in [-0.25, -0.2) is 8.42 Å². The van der Waals surface area contributed by atoms with Gasteiger partial charge in [-0.2, -0.15) is 0 Å². The van der Waals surface area contributed by atoms with E-state index < -0.39 is 9.84 Å². The summed E-state index contributed by atoms with van der Waals surface area (Å²) >= 11 is 0. The minimum absolute atomic E-state index is 0.203. The van der Waals surface area contributed by atoms with E-state index in [2.05, 4.69) is 5.32 Å². The molecule has 0 aliphatic rings. The van der Waals surface area contributed by atoms with Crippen LogP contribution in [-0.4, -0.2) is 26.5 Å². The van der Waals surface area contributed by atoms with Crippen molar-refractivity contribution in [2.24, 2.45) is 5.92 Å². The third-order valence-corrected chi connectivity index (χ3v) is 4.35. The summed E-state index contributed by atoms with van der Waals surface area (Å²) in [6.07, 6.45) is 0. The third-order valence-electron chi connectivity index (χ3n) is 2.35. The highest BCUT2D eigenvalue weighted by atomic mass is 32.2. The molecule has 4 heteroatoms. The van der Waals surface area contributed by atoms with Gasteiger partial charge in [0.05, 0.1) is 11.5 Å². The molecule has 0 saturated carbocycles. The lowest BCUT2D eigenvalue weighted by atomic mass is 10.2. The molecular weight excluding hydrogens is 234 g/mol. The summed E-state index contributed by atoms with van der Waals surface area (Å²) in [7, 11) is -2.90. The molecule has 0 amide bonds. The smallest absolute Gasteiger partial charge is 0.151 e. The van der Waals surface area contributed by atoms with Crippen LogP contribution >= 0.6 is 0 Å². The highest BCUT2D eigenvalue weighted by molar-refractivity contribution is 7.91. The van der Waals surface area contributed by atoms with E-state index in [9.17, 15) is 8.42 Å². The Morgan fingerprint density at radius 1 is 1.18 bits per heavy atom. The first-order valence-corrected chi connectivity index (χ1v) is 7.77. The summed E-state index contributed by atoms with van der Waals surface area (Å²) in [6.45, 7) is 5.09. The van der Waals surface area contributed by atoms with Gasteiger partial charge in [0.15, 0.2) is 9.84 Å². The minimum Gasteiger partial charge on any atom is -0.312 e. The van der Waals surface area contributed by atoms with E-state index in [0.29, 0.717) is 6.54 Å². The van der Waals surface area contributed by atoms with Crippen LogP contribution in [0.2, 0.25) is 0 Å². The Morgan fingerprint density at radius 3 is 2.41 bits per heavy atom. The largest absolute Gasteiger partial charge is 0.312 e. The molecule has 1 rings (SSSR count). The highest BCUT2D eigenvalue weighted by Gasteiger charge is 2.12. The topological polar surface area (TPSA) is 46.2 Å². The second-order valence-electron chi connectivity index (χ2n) is 4.67. The standard InChI is InChI=1S/C13H21NO2S/c1-12(2)11-17(15,16)9-8-14-10-13-6-4-3-5-7-13/h3-7,12,14H,8-11H2,1-2H3. The van der Waals surface area contributed by atoms with Gasteiger partial charge in [-0.15, -0.1) is 0 Å². The quantitative estimate of drug-likeness (QED) is 0.756. The molecule has 0 saturated heterocycles. The van der Waals surface area contributed by atoms with E-state index in [1.807, 2.05) is 44.2 Å². The molecule has 0 fully saturated rings. The first-order valence-electron chi connectivity index (χ1n) is 5.94. The number of rotatable bonds is 7. The van der Waals surface area contributed by atoms with Crippen molar-refractivity contribution in [3.63, 3.8) is 0 Å². The van der Waals surface area contributed by atoms with Gasteiger partial charge in [-0.1, -0.05) is 44.2 Å². The third kappa shape index (κ3) is 6.44. The van der Waals surface area contributed by atoms with Crippen LogP contribution < -0.4 is 5.32 Å². The monoisotopic (exact) mass is 255 g/mol. The zero-order chi connectivity index (χ0) is 12.7. The molecule has 0 atom stereocenters. The van der Waals surface area contributed by atoms with Gasteiger partial charge in [-0.3, -0.25) is 0 Å². The second-order valence-corrected chi connectivity index (χ2v) is 6.90. The maximum atomic E-state index is 11.6. The van der Waals surface area contributed by atoms with Crippen molar-refractivity contribution < 1.29 is 8.42 Å². The zero-order valence-electron chi connectivity index (χ0n) is 10.5. The van der Waals surface area contributed by atoms with Gasteiger partial charge in [-0.05, 0) is 11.5 Å². The van der Waals surface area contributed by atoms with Gasteiger partial charge in [0, 0.05) is 13.1 Å². The lowest BCUT2D eigenvalue weighted by molar-refractivity contribution is 0.577. The van der Waals surface area contributed by atoms with E-state index in [1.165, 1.54) is 5.56 Å². The summed E-state index contributed by atoms with van der Waals surface area (Å²) in [5, 5.41) is 3.15. The molecule has 0 bridgehead atoms. The predicted octanol–water partition coefficient (Wildman–Crippen LogP) is 1.85. The fraction of sp³-hybridized carbons (Fsp3) is 0.538. The average molecular weight is 255 g/mol. The molecule has 1 aromatic rings. The number of sulfone groups is 1. The Balaban J connectivity index is 2.25. The summed E-state index contributed by atoms with van der Waals surface area (Å²) < 4.78 is 23.2. The first kappa shape index (κ1) is 14.2. The number of benzene rings is 1. The fourth-order valence-electron chi connectivity index (χ4n) is 1.65. The maximum absolute atomic E-state index is 11.6. The Bertz CT molecular complexity index is 412. The first-order chi connectivity index (χ1) is 7.99. The molecule has 0 unspecified atom stereocenters. The van der Waals surface area contributed by atoms with Gasteiger partial charge in [0.25, 0.3) is 0 Å². The van der Waals surface area contributed by atoms with Crippen molar-refractivity contribution in [3.8, 4) is 0 Å². The van der Waals surface area contributed by atoms with Crippen LogP contribution in [0.15, 0.2) is 30.3 Å². The molecule has 3 nitrogen and oxygen atoms in total. The van der Waals surface area contributed by atoms with Crippen molar-refractivity contribution in [1.29, 1.82) is 0 Å². The molecular formula is C13H21NO2S. The summed E-state index contributed by atoms with van der Waals surface area (Å²) in [4.78, 5) is 0. The molecule has 0 heterocycles. The Morgan fingerprint density at radius 2 is 1.82 bits per heavy atom. The van der Waals surface area contributed by atoms with Gasteiger partial charge >= 0.3 is 0 Å². The minimum atomic E-state index is -2.90. The number of hydrogen-bond donors (Lipinski definition) is 1. The molecule has 0 radical (unpaired) electrons. The molecule has 0 aromatic heterocycles. The van der Waals surface area contributed by atoms with Crippen molar-refractivity contribution >= 4 is 9.84 Å². The lowest BCUT2D eigenvalue weighted by Gasteiger charge is -2.08. The Hall–Kier alpha value is -0.870. The average Bonchev–Trinajstić information content (AvgIpc) is 2.24. The van der Waals surface area contributed by atoms with Crippen LogP contribution in [0.3, 0.4) is 0 Å². The molecule has 96 valence electrons. The normalized spacial score (nSPS) is 11.9. The summed E-state index contributed by atoms with van der Waals surface area (Å²) in [5.41, 5.74) is 1.17. The summed E-state index contributed by atoms with van der Waals surface area (Å²) in [5.74, 6) is 0.701. The highest BCUT2D eigenvalue weighted by Crippen LogP contribution is 2.00. The predicted molar refractivity (Wildman–Crippen MR) is 71.6 cm³/mol. The molecule has 0 aliphatic carbocycles. The molecule has 0 spiro atoms. The lowest BCUT2D eigenvalue weighted by Crippen LogP contribution is -2.25. The summed E-state index contributed by atoms with van der Waals surface area (Å²) in [6, 6.07) is 9.97. The van der Waals surface area contributed by atoms with Crippen molar-refractivity contribution in [2.75, 3.05) is 18.1 Å². The van der Waals surface area contributed by atoms with Gasteiger partial charge in [0.2, 0.25) is 0 Å². The molecule has 1 aromatic carbocycles.